The molecule has 1 fully saturated rings. The van der Waals surface area contributed by atoms with Gasteiger partial charge in [-0.1, -0.05) is 34.9 Å². The highest BCUT2D eigenvalue weighted by molar-refractivity contribution is 7.91. The molecular weight excluding hydrogens is 374 g/mol. The van der Waals surface area contributed by atoms with E-state index in [9.17, 15) is 4.55 Å². The molecule has 0 aliphatic carbocycles. The molecule has 1 aliphatic rings. The van der Waals surface area contributed by atoms with E-state index in [4.69, 9.17) is 11.6 Å². The van der Waals surface area contributed by atoms with E-state index in [2.05, 4.69) is 39.1 Å². The van der Waals surface area contributed by atoms with E-state index in [0.29, 0.717) is 5.02 Å². The summed E-state index contributed by atoms with van der Waals surface area (Å²) in [7, 11) is 0. The first kappa shape index (κ1) is 16.8. The van der Waals surface area contributed by atoms with Gasteiger partial charge in [-0.05, 0) is 29.8 Å². The summed E-state index contributed by atoms with van der Waals surface area (Å²) in [6.45, 7) is 1.72. The van der Waals surface area contributed by atoms with E-state index < -0.39 is 11.2 Å². The molecular formula is C18H16ClN3OS2. The summed E-state index contributed by atoms with van der Waals surface area (Å²) < 4.78 is 11.5. The second kappa shape index (κ2) is 7.33. The maximum atomic E-state index is 11.5. The standard InChI is InChI=1S/C18H16ClN3OS2/c19-14-3-6-16(20-11-14)18-21-12-17(24-18)13-1-4-15(5-2-13)22-7-9-25(23)10-8-22/h1-6,11-12H,7-10H2. The van der Waals surface area contributed by atoms with Crippen LogP contribution in [-0.4, -0.2) is 39.1 Å². The van der Waals surface area contributed by atoms with Crippen molar-refractivity contribution in [3.05, 3.63) is 53.8 Å². The first-order valence-electron chi connectivity index (χ1n) is 7.97. The predicted octanol–water partition coefficient (Wildman–Crippen LogP) is 4.09. The molecule has 1 aliphatic heterocycles. The molecule has 3 heterocycles. The van der Waals surface area contributed by atoms with Crippen LogP contribution in [0.15, 0.2) is 48.8 Å². The van der Waals surface area contributed by atoms with Crippen molar-refractivity contribution in [2.45, 2.75) is 0 Å². The van der Waals surface area contributed by atoms with Crippen LogP contribution in [0.5, 0.6) is 0 Å². The van der Waals surface area contributed by atoms with Gasteiger partial charge in [0, 0.05) is 18.1 Å². The fraction of sp³-hybridized carbons (Fsp3) is 0.222. The van der Waals surface area contributed by atoms with E-state index in [1.54, 1.807) is 17.5 Å². The fourth-order valence-corrected chi connectivity index (χ4v) is 4.82. The lowest BCUT2D eigenvalue weighted by Crippen LogP contribution is -2.40. The van der Waals surface area contributed by atoms with Crippen LogP contribution >= 0.6 is 22.9 Å². The van der Waals surface area contributed by atoms with Gasteiger partial charge in [-0.15, -0.1) is 11.3 Å². The van der Waals surface area contributed by atoms with Crippen molar-refractivity contribution >= 4 is 39.8 Å². The van der Waals surface area contributed by atoms with Crippen molar-refractivity contribution in [3.8, 4) is 21.1 Å². The highest BCUT2D eigenvalue weighted by Crippen LogP contribution is 2.32. The monoisotopic (exact) mass is 389 g/mol. The first-order valence-corrected chi connectivity index (χ1v) is 10.7. The summed E-state index contributed by atoms with van der Waals surface area (Å²) in [5.74, 6) is 1.52. The Bertz CT molecular complexity index is 844. The Hall–Kier alpha value is -1.60. The van der Waals surface area contributed by atoms with E-state index in [-0.39, 0.29) is 0 Å². The third-order valence-corrected chi connectivity index (χ3v) is 6.72. The van der Waals surface area contributed by atoms with E-state index in [0.717, 1.165) is 45.7 Å². The minimum atomic E-state index is -0.648. The molecule has 25 heavy (non-hydrogen) atoms. The Labute approximate surface area is 158 Å². The molecule has 4 rings (SSSR count). The van der Waals surface area contributed by atoms with Crippen molar-refractivity contribution in [2.75, 3.05) is 29.5 Å². The van der Waals surface area contributed by atoms with Gasteiger partial charge < -0.3 is 9.45 Å². The van der Waals surface area contributed by atoms with Gasteiger partial charge >= 0.3 is 0 Å². The fourth-order valence-electron chi connectivity index (χ4n) is 2.76. The number of hydrogen-bond acceptors (Lipinski definition) is 5. The normalized spacial score (nSPS) is 15.5. The third-order valence-electron chi connectivity index (χ3n) is 4.15. The number of thiazole rings is 1. The van der Waals surface area contributed by atoms with Crippen LogP contribution in [0.2, 0.25) is 5.02 Å². The van der Waals surface area contributed by atoms with E-state index in [1.807, 2.05) is 18.3 Å². The molecule has 4 nitrogen and oxygen atoms in total. The summed E-state index contributed by atoms with van der Waals surface area (Å²) in [5, 5.41) is 1.51. The van der Waals surface area contributed by atoms with Gasteiger partial charge in [0.2, 0.25) is 0 Å². The molecule has 7 heteroatoms. The quantitative estimate of drug-likeness (QED) is 0.633. The summed E-state index contributed by atoms with van der Waals surface area (Å²) in [4.78, 5) is 12.2. The molecule has 0 bridgehead atoms. The van der Waals surface area contributed by atoms with E-state index in [1.165, 1.54) is 5.69 Å². The maximum absolute atomic E-state index is 11.5. The average Bonchev–Trinajstić information content (AvgIpc) is 3.13. The number of pyridine rings is 1. The summed E-state index contributed by atoms with van der Waals surface area (Å²) in [5.41, 5.74) is 3.16. The second-order valence-corrected chi connectivity index (χ2v) is 8.94. The molecule has 3 aromatic rings. The number of nitrogens with zero attached hydrogens (tertiary/aromatic N) is 3. The van der Waals surface area contributed by atoms with Gasteiger partial charge in [0.1, 0.15) is 16.5 Å². The van der Waals surface area contributed by atoms with E-state index >= 15 is 0 Å². The molecule has 0 amide bonds. The Morgan fingerprint density at radius 1 is 1.00 bits per heavy atom. The zero-order chi connectivity index (χ0) is 17.2. The Morgan fingerprint density at radius 3 is 2.44 bits per heavy atom. The Balaban J connectivity index is 1.51. The number of benzene rings is 1. The third kappa shape index (κ3) is 3.82. The van der Waals surface area contributed by atoms with Crippen molar-refractivity contribution < 1.29 is 4.55 Å². The Morgan fingerprint density at radius 2 is 1.76 bits per heavy atom. The van der Waals surface area contributed by atoms with Gasteiger partial charge in [0.05, 0.1) is 28.7 Å². The van der Waals surface area contributed by atoms with Gasteiger partial charge in [0.15, 0.2) is 0 Å². The molecule has 0 unspecified atom stereocenters. The van der Waals surface area contributed by atoms with Crippen LogP contribution in [0.3, 0.4) is 0 Å². The number of aromatic nitrogens is 2. The van der Waals surface area contributed by atoms with Crippen LogP contribution in [0.25, 0.3) is 21.1 Å². The van der Waals surface area contributed by atoms with Crippen molar-refractivity contribution in [1.82, 2.24) is 9.97 Å². The lowest BCUT2D eigenvalue weighted by atomic mass is 10.2. The van der Waals surface area contributed by atoms with Crippen LogP contribution < -0.4 is 4.90 Å². The highest BCUT2D eigenvalue weighted by atomic mass is 35.5. The minimum absolute atomic E-state index is 0.623. The molecule has 0 radical (unpaired) electrons. The van der Waals surface area contributed by atoms with Gasteiger partial charge in [-0.2, -0.15) is 0 Å². The zero-order valence-electron chi connectivity index (χ0n) is 13.4. The largest absolute Gasteiger partial charge is 0.616 e. The topological polar surface area (TPSA) is 52.1 Å². The van der Waals surface area contributed by atoms with Crippen LogP contribution in [-0.2, 0) is 11.2 Å². The molecule has 0 N–H and O–H groups in total. The molecule has 1 saturated heterocycles. The SMILES string of the molecule is [O-][S+]1CCN(c2ccc(-c3cnc(-c4ccc(Cl)cn4)s3)cc2)CC1. The average molecular weight is 390 g/mol. The van der Waals surface area contributed by atoms with Gasteiger partial charge in [0.25, 0.3) is 0 Å². The lowest BCUT2D eigenvalue weighted by Gasteiger charge is -2.29. The van der Waals surface area contributed by atoms with Crippen molar-refractivity contribution in [2.24, 2.45) is 0 Å². The number of rotatable bonds is 3. The van der Waals surface area contributed by atoms with Crippen LogP contribution in [0.1, 0.15) is 0 Å². The molecule has 128 valence electrons. The smallest absolute Gasteiger partial charge is 0.142 e. The maximum Gasteiger partial charge on any atom is 0.142 e. The van der Waals surface area contributed by atoms with Crippen molar-refractivity contribution in [1.29, 1.82) is 0 Å². The molecule has 2 aromatic heterocycles. The first-order chi connectivity index (χ1) is 12.2. The zero-order valence-corrected chi connectivity index (χ0v) is 15.8. The minimum Gasteiger partial charge on any atom is -0.616 e. The molecule has 1 aromatic carbocycles. The Kier molecular flexibility index (Phi) is 4.94. The number of halogens is 1. The number of anilines is 1. The van der Waals surface area contributed by atoms with Crippen LogP contribution in [0.4, 0.5) is 5.69 Å². The molecule has 0 spiro atoms. The van der Waals surface area contributed by atoms with Crippen LogP contribution in [0, 0.1) is 0 Å². The predicted molar refractivity (Wildman–Crippen MR) is 106 cm³/mol. The summed E-state index contributed by atoms with van der Waals surface area (Å²) in [6, 6.07) is 12.2. The highest BCUT2D eigenvalue weighted by Gasteiger charge is 2.19. The molecule has 0 atom stereocenters. The summed E-state index contributed by atoms with van der Waals surface area (Å²) in [6.07, 6.45) is 3.52. The molecule has 0 saturated carbocycles. The van der Waals surface area contributed by atoms with Crippen molar-refractivity contribution in [3.63, 3.8) is 0 Å². The van der Waals surface area contributed by atoms with Gasteiger partial charge in [-0.25, -0.2) is 4.98 Å². The number of hydrogen-bond donors (Lipinski definition) is 0. The van der Waals surface area contributed by atoms with Gasteiger partial charge in [-0.3, -0.25) is 4.98 Å². The second-order valence-electron chi connectivity index (χ2n) is 5.77. The summed E-state index contributed by atoms with van der Waals surface area (Å²) >= 11 is 6.85. The lowest BCUT2D eigenvalue weighted by molar-refractivity contribution is 0.586.